The zero-order chi connectivity index (χ0) is 10.3. The van der Waals surface area contributed by atoms with Gasteiger partial charge in [-0.3, -0.25) is 0 Å². The minimum absolute atomic E-state index is 0.135. The topological polar surface area (TPSA) is 12.9 Å². The third-order valence-corrected chi connectivity index (χ3v) is 2.45. The smallest absolute Gasteiger partial charge is 0.137 e. The molecule has 0 saturated heterocycles. The van der Waals surface area contributed by atoms with Gasteiger partial charge in [0.2, 0.25) is 0 Å². The molecule has 0 aliphatic heterocycles. The fourth-order valence-electron chi connectivity index (χ4n) is 1.21. The van der Waals surface area contributed by atoms with E-state index in [0.29, 0.717) is 4.60 Å². The van der Waals surface area contributed by atoms with Gasteiger partial charge in [0.05, 0.1) is 15.9 Å². The normalized spacial score (nSPS) is 10.9. The molecule has 0 amide bonds. The summed E-state index contributed by atoms with van der Waals surface area (Å²) in [6, 6.07) is 3.38. The standard InChI is InChI=1S/C9H3BrClF2N/c10-8-3-5(11)9-6(13)1-4(12)2-7(9)14-8/h1-3H. The number of fused-ring (bicyclic) bond motifs is 1. The molecule has 0 fully saturated rings. The van der Waals surface area contributed by atoms with Gasteiger partial charge >= 0.3 is 0 Å². The molecule has 0 spiro atoms. The van der Waals surface area contributed by atoms with Crippen LogP contribution in [0, 0.1) is 11.6 Å². The van der Waals surface area contributed by atoms with E-state index in [4.69, 9.17) is 11.6 Å². The summed E-state index contributed by atoms with van der Waals surface area (Å²) in [6.07, 6.45) is 0. The predicted molar refractivity (Wildman–Crippen MR) is 54.4 cm³/mol. The highest BCUT2D eigenvalue weighted by molar-refractivity contribution is 9.10. The van der Waals surface area contributed by atoms with E-state index in [2.05, 4.69) is 20.9 Å². The largest absolute Gasteiger partial charge is 0.241 e. The number of rotatable bonds is 0. The van der Waals surface area contributed by atoms with Gasteiger partial charge in [-0.25, -0.2) is 13.8 Å². The molecule has 14 heavy (non-hydrogen) atoms. The van der Waals surface area contributed by atoms with Gasteiger partial charge < -0.3 is 0 Å². The summed E-state index contributed by atoms with van der Waals surface area (Å²) in [5.74, 6) is -1.37. The molecule has 0 aliphatic carbocycles. The summed E-state index contributed by atoms with van der Waals surface area (Å²) < 4.78 is 26.5. The number of hydrogen-bond donors (Lipinski definition) is 0. The van der Waals surface area contributed by atoms with Gasteiger partial charge in [0.1, 0.15) is 16.2 Å². The van der Waals surface area contributed by atoms with E-state index in [1.807, 2.05) is 0 Å². The van der Waals surface area contributed by atoms with Crippen molar-refractivity contribution in [1.82, 2.24) is 4.98 Å². The summed E-state index contributed by atoms with van der Waals surface area (Å²) >= 11 is 8.88. The van der Waals surface area contributed by atoms with Crippen LogP contribution in [-0.4, -0.2) is 4.98 Å². The average molecular weight is 278 g/mol. The molecule has 1 heterocycles. The molecule has 1 nitrogen and oxygen atoms in total. The van der Waals surface area contributed by atoms with E-state index in [-0.39, 0.29) is 15.9 Å². The Morgan fingerprint density at radius 1 is 1.21 bits per heavy atom. The molecule has 2 rings (SSSR count). The highest BCUT2D eigenvalue weighted by atomic mass is 79.9. The summed E-state index contributed by atoms with van der Waals surface area (Å²) in [4.78, 5) is 3.91. The summed E-state index contributed by atoms with van der Waals surface area (Å²) in [7, 11) is 0. The van der Waals surface area contributed by atoms with E-state index in [1.54, 1.807) is 0 Å². The summed E-state index contributed by atoms with van der Waals surface area (Å²) in [5, 5.41) is 0.343. The first kappa shape index (κ1) is 9.80. The van der Waals surface area contributed by atoms with Crippen LogP contribution in [0.5, 0.6) is 0 Å². The molecule has 0 saturated carbocycles. The molecule has 0 aliphatic rings. The summed E-state index contributed by atoms with van der Waals surface area (Å²) in [5.41, 5.74) is 0.196. The second-order valence-corrected chi connectivity index (χ2v) is 3.93. The Labute approximate surface area is 91.8 Å². The maximum atomic E-state index is 13.3. The fourth-order valence-corrected chi connectivity index (χ4v) is 2.05. The number of nitrogens with zero attached hydrogens (tertiary/aromatic N) is 1. The van der Waals surface area contributed by atoms with Crippen molar-refractivity contribution in [3.05, 3.63) is 39.5 Å². The van der Waals surface area contributed by atoms with E-state index in [9.17, 15) is 8.78 Å². The van der Waals surface area contributed by atoms with Crippen molar-refractivity contribution in [3.63, 3.8) is 0 Å². The number of aromatic nitrogens is 1. The lowest BCUT2D eigenvalue weighted by atomic mass is 10.2. The van der Waals surface area contributed by atoms with Crippen molar-refractivity contribution in [2.24, 2.45) is 0 Å². The third kappa shape index (κ3) is 1.60. The number of hydrogen-bond acceptors (Lipinski definition) is 1. The second-order valence-electron chi connectivity index (χ2n) is 2.71. The molecule has 2 aromatic rings. The minimum Gasteiger partial charge on any atom is -0.241 e. The van der Waals surface area contributed by atoms with Crippen molar-refractivity contribution in [2.45, 2.75) is 0 Å². The highest BCUT2D eigenvalue weighted by Crippen LogP contribution is 2.28. The fraction of sp³-hybridized carbons (Fsp3) is 0. The summed E-state index contributed by atoms with van der Waals surface area (Å²) in [6.45, 7) is 0. The molecular weight excluding hydrogens is 275 g/mol. The first-order chi connectivity index (χ1) is 6.58. The maximum Gasteiger partial charge on any atom is 0.137 e. The van der Waals surface area contributed by atoms with E-state index in [0.717, 1.165) is 12.1 Å². The predicted octanol–water partition coefficient (Wildman–Crippen LogP) is 3.93. The molecule has 1 aromatic heterocycles. The molecule has 0 radical (unpaired) electrons. The average Bonchev–Trinajstić information content (AvgIpc) is 1.99. The van der Waals surface area contributed by atoms with Crippen molar-refractivity contribution in [1.29, 1.82) is 0 Å². The highest BCUT2D eigenvalue weighted by Gasteiger charge is 2.09. The third-order valence-electron chi connectivity index (χ3n) is 1.75. The lowest BCUT2D eigenvalue weighted by Gasteiger charge is -2.02. The van der Waals surface area contributed by atoms with Crippen LogP contribution >= 0.6 is 27.5 Å². The van der Waals surface area contributed by atoms with Crippen molar-refractivity contribution >= 4 is 38.4 Å². The Morgan fingerprint density at radius 3 is 2.64 bits per heavy atom. The zero-order valence-corrected chi connectivity index (χ0v) is 9.03. The quantitative estimate of drug-likeness (QED) is 0.665. The van der Waals surface area contributed by atoms with Gasteiger partial charge in [0.25, 0.3) is 0 Å². The molecule has 0 unspecified atom stereocenters. The van der Waals surface area contributed by atoms with Crippen LogP contribution in [0.3, 0.4) is 0 Å². The molecule has 0 bridgehead atoms. The van der Waals surface area contributed by atoms with Crippen LogP contribution < -0.4 is 0 Å². The maximum absolute atomic E-state index is 13.3. The Balaban J connectivity index is 2.94. The first-order valence-corrected chi connectivity index (χ1v) is 4.86. The van der Waals surface area contributed by atoms with Crippen molar-refractivity contribution in [2.75, 3.05) is 0 Å². The molecule has 72 valence electrons. The number of pyridine rings is 1. The van der Waals surface area contributed by atoms with Crippen LogP contribution in [0.25, 0.3) is 10.9 Å². The minimum atomic E-state index is -0.704. The number of halogens is 4. The molecule has 0 N–H and O–H groups in total. The van der Waals surface area contributed by atoms with E-state index >= 15 is 0 Å². The van der Waals surface area contributed by atoms with E-state index < -0.39 is 11.6 Å². The van der Waals surface area contributed by atoms with Crippen LogP contribution in [0.4, 0.5) is 8.78 Å². The van der Waals surface area contributed by atoms with Crippen LogP contribution in [0.1, 0.15) is 0 Å². The van der Waals surface area contributed by atoms with Crippen LogP contribution in [-0.2, 0) is 0 Å². The van der Waals surface area contributed by atoms with Gasteiger partial charge in [-0.1, -0.05) is 11.6 Å². The Hall–Kier alpha value is -0.740. The molecule has 0 atom stereocenters. The zero-order valence-electron chi connectivity index (χ0n) is 6.69. The Kier molecular flexibility index (Phi) is 2.41. The number of benzene rings is 1. The monoisotopic (exact) mass is 277 g/mol. The molecular formula is C9H3BrClF2N. The lowest BCUT2D eigenvalue weighted by Crippen LogP contribution is -1.88. The van der Waals surface area contributed by atoms with Crippen LogP contribution in [0.2, 0.25) is 5.02 Å². The SMILES string of the molecule is Fc1cc(F)c2c(Cl)cc(Br)nc2c1. The van der Waals surface area contributed by atoms with Crippen molar-refractivity contribution in [3.8, 4) is 0 Å². The van der Waals surface area contributed by atoms with Gasteiger partial charge in [-0.15, -0.1) is 0 Å². The van der Waals surface area contributed by atoms with Gasteiger partial charge in [-0.2, -0.15) is 0 Å². The van der Waals surface area contributed by atoms with E-state index in [1.165, 1.54) is 6.07 Å². The van der Waals surface area contributed by atoms with Gasteiger partial charge in [-0.05, 0) is 22.0 Å². The molecule has 5 heteroatoms. The second kappa shape index (κ2) is 3.44. The van der Waals surface area contributed by atoms with Crippen LogP contribution in [0.15, 0.2) is 22.8 Å². The van der Waals surface area contributed by atoms with Gasteiger partial charge in [0.15, 0.2) is 0 Å². The Bertz CT molecular complexity index is 473. The first-order valence-electron chi connectivity index (χ1n) is 3.69. The van der Waals surface area contributed by atoms with Crippen molar-refractivity contribution < 1.29 is 8.78 Å². The van der Waals surface area contributed by atoms with Gasteiger partial charge in [0, 0.05) is 12.1 Å². The Morgan fingerprint density at radius 2 is 1.93 bits per heavy atom. The molecule has 1 aromatic carbocycles. The lowest BCUT2D eigenvalue weighted by molar-refractivity contribution is 0.591.